The van der Waals surface area contributed by atoms with Crippen molar-refractivity contribution in [2.24, 2.45) is 0 Å². The number of aliphatic hydroxyl groups is 2. The van der Waals surface area contributed by atoms with E-state index < -0.39 is 6.10 Å². The molecule has 0 bridgehead atoms. The van der Waals surface area contributed by atoms with E-state index in [1.807, 2.05) is 0 Å². The van der Waals surface area contributed by atoms with Crippen molar-refractivity contribution in [2.75, 3.05) is 13.2 Å². The molecule has 2 N–H and O–H groups in total. The van der Waals surface area contributed by atoms with Crippen LogP contribution in [0.1, 0.15) is 33.1 Å². The Morgan fingerprint density at radius 1 is 1.42 bits per heavy atom. The van der Waals surface area contributed by atoms with Crippen LogP contribution < -0.4 is 0 Å². The molecule has 0 saturated carbocycles. The molecule has 0 aliphatic carbocycles. The zero-order valence-corrected chi connectivity index (χ0v) is 7.99. The number of hydrogen-bond acceptors (Lipinski definition) is 3. The van der Waals surface area contributed by atoms with Crippen LogP contribution in [0.15, 0.2) is 0 Å². The highest BCUT2D eigenvalue weighted by molar-refractivity contribution is 4.71. The Morgan fingerprint density at radius 3 is 2.33 bits per heavy atom. The van der Waals surface area contributed by atoms with Crippen LogP contribution in [0.5, 0.6) is 0 Å². The zero-order chi connectivity index (χ0) is 9.40. The molecule has 1 saturated heterocycles. The third kappa shape index (κ3) is 4.70. The Bertz CT molecular complexity index is 95.8. The molecule has 0 aromatic carbocycles. The van der Waals surface area contributed by atoms with E-state index in [-0.39, 0.29) is 12.7 Å². The van der Waals surface area contributed by atoms with E-state index in [1.165, 1.54) is 6.42 Å². The molecule has 0 aromatic rings. The molecule has 1 heterocycles. The lowest BCUT2D eigenvalue weighted by atomic mass is 10.1. The van der Waals surface area contributed by atoms with Crippen LogP contribution in [0, 0.1) is 0 Å². The molecule has 1 aliphatic rings. The molecule has 0 amide bonds. The SMILES string of the molecule is CCC.OCC1OCCCC1O. The average Bonchev–Trinajstić information content (AvgIpc) is 2.07. The topological polar surface area (TPSA) is 49.7 Å². The summed E-state index contributed by atoms with van der Waals surface area (Å²) in [5.74, 6) is 0. The van der Waals surface area contributed by atoms with E-state index in [2.05, 4.69) is 13.8 Å². The first-order valence-corrected chi connectivity index (χ1v) is 4.66. The van der Waals surface area contributed by atoms with Crippen LogP contribution in [0.25, 0.3) is 0 Å². The summed E-state index contributed by atoms with van der Waals surface area (Å²) in [5, 5.41) is 17.7. The molecule has 1 aliphatic heterocycles. The van der Waals surface area contributed by atoms with Crippen LogP contribution >= 0.6 is 0 Å². The smallest absolute Gasteiger partial charge is 0.106 e. The minimum Gasteiger partial charge on any atom is -0.394 e. The van der Waals surface area contributed by atoms with Gasteiger partial charge < -0.3 is 14.9 Å². The maximum atomic E-state index is 9.08. The summed E-state index contributed by atoms with van der Waals surface area (Å²) >= 11 is 0. The Labute approximate surface area is 74.4 Å². The van der Waals surface area contributed by atoms with Crippen LogP contribution in [0.3, 0.4) is 0 Å². The summed E-state index contributed by atoms with van der Waals surface area (Å²) in [6.07, 6.45) is 2.12. The lowest BCUT2D eigenvalue weighted by molar-refractivity contribution is -0.0942. The van der Waals surface area contributed by atoms with Crippen molar-refractivity contribution in [3.05, 3.63) is 0 Å². The summed E-state index contributed by atoms with van der Waals surface area (Å²) < 4.78 is 5.04. The number of rotatable bonds is 1. The minimum atomic E-state index is -0.455. The highest BCUT2D eigenvalue weighted by atomic mass is 16.5. The maximum absolute atomic E-state index is 9.08. The number of hydrogen-bond donors (Lipinski definition) is 2. The second kappa shape index (κ2) is 7.53. The van der Waals surface area contributed by atoms with Crippen LogP contribution in [0.2, 0.25) is 0 Å². The van der Waals surface area contributed by atoms with Crippen LogP contribution in [0.4, 0.5) is 0 Å². The molecule has 3 heteroatoms. The average molecular weight is 176 g/mol. The molecular formula is C9H20O3. The molecule has 0 aromatic heterocycles. The van der Waals surface area contributed by atoms with E-state index >= 15 is 0 Å². The van der Waals surface area contributed by atoms with Gasteiger partial charge in [0.05, 0.1) is 12.7 Å². The Kier molecular flexibility index (Phi) is 7.45. The lowest BCUT2D eigenvalue weighted by Crippen LogP contribution is -2.36. The second-order valence-corrected chi connectivity index (χ2v) is 3.01. The Morgan fingerprint density at radius 2 is 2.00 bits per heavy atom. The van der Waals surface area contributed by atoms with Gasteiger partial charge in [0.2, 0.25) is 0 Å². The Balaban J connectivity index is 0.000000354. The molecule has 0 radical (unpaired) electrons. The highest BCUT2D eigenvalue weighted by Crippen LogP contribution is 2.12. The minimum absolute atomic E-state index is 0.0683. The first-order chi connectivity index (χ1) is 5.76. The first kappa shape index (κ1) is 11.9. The van der Waals surface area contributed by atoms with Crippen molar-refractivity contribution in [3.63, 3.8) is 0 Å². The van der Waals surface area contributed by atoms with Gasteiger partial charge in [-0.05, 0) is 12.8 Å². The number of aliphatic hydroxyl groups excluding tert-OH is 2. The van der Waals surface area contributed by atoms with Gasteiger partial charge in [-0.25, -0.2) is 0 Å². The van der Waals surface area contributed by atoms with Gasteiger partial charge in [0.25, 0.3) is 0 Å². The van der Waals surface area contributed by atoms with Crippen molar-refractivity contribution in [1.29, 1.82) is 0 Å². The fraction of sp³-hybridized carbons (Fsp3) is 1.00. The van der Waals surface area contributed by atoms with E-state index in [4.69, 9.17) is 14.9 Å². The van der Waals surface area contributed by atoms with Crippen molar-refractivity contribution in [1.82, 2.24) is 0 Å². The van der Waals surface area contributed by atoms with Crippen LogP contribution in [-0.4, -0.2) is 35.6 Å². The summed E-state index contributed by atoms with van der Waals surface area (Å²) in [4.78, 5) is 0. The number of ether oxygens (including phenoxy) is 1. The normalized spacial score (nSPS) is 29.0. The molecule has 2 unspecified atom stereocenters. The summed E-state index contributed by atoms with van der Waals surface area (Å²) in [7, 11) is 0. The van der Waals surface area contributed by atoms with Gasteiger partial charge >= 0.3 is 0 Å². The van der Waals surface area contributed by atoms with Gasteiger partial charge in [0.15, 0.2) is 0 Å². The van der Waals surface area contributed by atoms with Gasteiger partial charge in [0, 0.05) is 6.61 Å². The van der Waals surface area contributed by atoms with Gasteiger partial charge in [-0.15, -0.1) is 0 Å². The predicted molar refractivity (Wildman–Crippen MR) is 48.0 cm³/mol. The highest BCUT2D eigenvalue weighted by Gasteiger charge is 2.22. The Hall–Kier alpha value is -0.120. The van der Waals surface area contributed by atoms with Gasteiger partial charge in [-0.3, -0.25) is 0 Å². The van der Waals surface area contributed by atoms with Crippen molar-refractivity contribution in [2.45, 2.75) is 45.3 Å². The molecule has 74 valence electrons. The molecule has 0 spiro atoms. The van der Waals surface area contributed by atoms with Gasteiger partial charge in [-0.2, -0.15) is 0 Å². The van der Waals surface area contributed by atoms with E-state index in [0.29, 0.717) is 6.61 Å². The van der Waals surface area contributed by atoms with Crippen LogP contribution in [-0.2, 0) is 4.74 Å². The lowest BCUT2D eigenvalue weighted by Gasteiger charge is -2.25. The first-order valence-electron chi connectivity index (χ1n) is 4.66. The van der Waals surface area contributed by atoms with Gasteiger partial charge in [-0.1, -0.05) is 20.3 Å². The van der Waals surface area contributed by atoms with E-state index in [0.717, 1.165) is 12.8 Å². The monoisotopic (exact) mass is 176 g/mol. The van der Waals surface area contributed by atoms with E-state index in [9.17, 15) is 0 Å². The van der Waals surface area contributed by atoms with Crippen molar-refractivity contribution >= 4 is 0 Å². The largest absolute Gasteiger partial charge is 0.394 e. The fourth-order valence-corrected chi connectivity index (χ4v) is 0.999. The summed E-state index contributed by atoms with van der Waals surface area (Å²) in [6, 6.07) is 0. The zero-order valence-electron chi connectivity index (χ0n) is 7.99. The molecule has 12 heavy (non-hydrogen) atoms. The molecule has 1 rings (SSSR count). The molecule has 1 fully saturated rings. The molecule has 3 nitrogen and oxygen atoms in total. The van der Waals surface area contributed by atoms with E-state index in [1.54, 1.807) is 0 Å². The maximum Gasteiger partial charge on any atom is 0.106 e. The van der Waals surface area contributed by atoms with Crippen molar-refractivity contribution < 1.29 is 14.9 Å². The molecular weight excluding hydrogens is 156 g/mol. The van der Waals surface area contributed by atoms with Gasteiger partial charge in [0.1, 0.15) is 6.10 Å². The fourth-order valence-electron chi connectivity index (χ4n) is 0.999. The predicted octanol–water partition coefficient (Wildman–Crippen LogP) is 0.935. The standard InChI is InChI=1S/C6H12O3.C3H8/c7-4-6-5(8)2-1-3-9-6;1-3-2/h5-8H,1-4H2;3H2,1-2H3. The van der Waals surface area contributed by atoms with Crippen molar-refractivity contribution in [3.8, 4) is 0 Å². The second-order valence-electron chi connectivity index (χ2n) is 3.01. The quantitative estimate of drug-likeness (QED) is 0.625. The third-order valence-electron chi connectivity index (χ3n) is 1.59. The third-order valence-corrected chi connectivity index (χ3v) is 1.59. The summed E-state index contributed by atoms with van der Waals surface area (Å²) in [6.45, 7) is 4.85. The summed E-state index contributed by atoms with van der Waals surface area (Å²) in [5.41, 5.74) is 0. The molecule has 2 atom stereocenters.